The summed E-state index contributed by atoms with van der Waals surface area (Å²) in [6.07, 6.45) is 8.35. The normalized spacial score (nSPS) is 16.9. The minimum Gasteiger partial charge on any atom is -0.467 e. The molecule has 3 heteroatoms. The molecule has 1 unspecified atom stereocenters. The van der Waals surface area contributed by atoms with E-state index in [4.69, 9.17) is 4.42 Å². The average molecular weight is 275 g/mol. The van der Waals surface area contributed by atoms with Crippen molar-refractivity contribution in [3.8, 4) is 0 Å². The van der Waals surface area contributed by atoms with Crippen LogP contribution < -0.4 is 5.32 Å². The standard InChI is InChI=1S/C16H21NOS/c1-2-17-16(13-8-6-10-18-13)15-11-12-7-4-3-5-9-14(12)19-15/h6,8,10-11,16-17H,2-5,7,9H2,1H3. The molecule has 0 fully saturated rings. The molecule has 102 valence electrons. The summed E-state index contributed by atoms with van der Waals surface area (Å²) in [6, 6.07) is 6.66. The van der Waals surface area contributed by atoms with Crippen LogP contribution in [0.4, 0.5) is 0 Å². The summed E-state index contributed by atoms with van der Waals surface area (Å²) in [5.74, 6) is 1.03. The van der Waals surface area contributed by atoms with E-state index >= 15 is 0 Å². The molecule has 0 aromatic carbocycles. The van der Waals surface area contributed by atoms with E-state index in [0.29, 0.717) is 0 Å². The van der Waals surface area contributed by atoms with E-state index in [1.807, 2.05) is 17.4 Å². The smallest absolute Gasteiger partial charge is 0.126 e. The highest BCUT2D eigenvalue weighted by Crippen LogP contribution is 2.34. The van der Waals surface area contributed by atoms with Gasteiger partial charge in [-0.25, -0.2) is 0 Å². The molecule has 0 amide bonds. The molecule has 0 radical (unpaired) electrons. The number of nitrogens with one attached hydrogen (secondary N) is 1. The maximum Gasteiger partial charge on any atom is 0.126 e. The molecular weight excluding hydrogens is 254 g/mol. The number of rotatable bonds is 4. The third-order valence-electron chi connectivity index (χ3n) is 3.79. The van der Waals surface area contributed by atoms with E-state index in [0.717, 1.165) is 12.3 Å². The Kier molecular flexibility index (Phi) is 4.04. The van der Waals surface area contributed by atoms with Gasteiger partial charge in [0.05, 0.1) is 6.26 Å². The van der Waals surface area contributed by atoms with Crippen molar-refractivity contribution in [1.29, 1.82) is 0 Å². The second-order valence-corrected chi connectivity index (χ2v) is 6.33. The quantitative estimate of drug-likeness (QED) is 0.841. The van der Waals surface area contributed by atoms with Crippen LogP contribution in [-0.2, 0) is 12.8 Å². The summed E-state index contributed by atoms with van der Waals surface area (Å²) >= 11 is 1.97. The Hall–Kier alpha value is -1.06. The van der Waals surface area contributed by atoms with E-state index < -0.39 is 0 Å². The molecule has 0 spiro atoms. The monoisotopic (exact) mass is 275 g/mol. The van der Waals surface area contributed by atoms with Crippen LogP contribution in [0.25, 0.3) is 0 Å². The van der Waals surface area contributed by atoms with Crippen molar-refractivity contribution < 1.29 is 4.42 Å². The molecule has 2 heterocycles. The van der Waals surface area contributed by atoms with E-state index in [-0.39, 0.29) is 6.04 Å². The van der Waals surface area contributed by atoms with Crippen molar-refractivity contribution in [2.24, 2.45) is 0 Å². The van der Waals surface area contributed by atoms with Crippen LogP contribution in [0.1, 0.15) is 53.3 Å². The predicted octanol–water partition coefficient (Wildman–Crippen LogP) is 4.31. The van der Waals surface area contributed by atoms with Crippen LogP contribution in [0.15, 0.2) is 28.9 Å². The van der Waals surface area contributed by atoms with Gasteiger partial charge in [-0.1, -0.05) is 13.3 Å². The van der Waals surface area contributed by atoms with Crippen molar-refractivity contribution in [3.63, 3.8) is 0 Å². The number of hydrogen-bond acceptors (Lipinski definition) is 3. The zero-order valence-corrected chi connectivity index (χ0v) is 12.3. The molecular formula is C16H21NOS. The Morgan fingerprint density at radius 1 is 1.32 bits per heavy atom. The van der Waals surface area contributed by atoms with Gasteiger partial charge in [-0.2, -0.15) is 0 Å². The van der Waals surface area contributed by atoms with E-state index in [2.05, 4.69) is 24.4 Å². The average Bonchev–Trinajstić information content (AvgIpc) is 3.02. The Labute approximate surface area is 118 Å². The lowest BCUT2D eigenvalue weighted by atomic mass is 10.1. The van der Waals surface area contributed by atoms with Crippen LogP contribution in [0.3, 0.4) is 0 Å². The van der Waals surface area contributed by atoms with Gasteiger partial charge in [0.2, 0.25) is 0 Å². The Morgan fingerprint density at radius 2 is 2.21 bits per heavy atom. The van der Waals surface area contributed by atoms with Crippen LogP contribution >= 0.6 is 11.3 Å². The number of furan rings is 1. The molecule has 2 aromatic heterocycles. The van der Waals surface area contributed by atoms with Crippen LogP contribution in [0.2, 0.25) is 0 Å². The lowest BCUT2D eigenvalue weighted by Crippen LogP contribution is -2.20. The van der Waals surface area contributed by atoms with Gasteiger partial charge in [-0.05, 0) is 56.0 Å². The zero-order chi connectivity index (χ0) is 13.1. The fourth-order valence-corrected chi connectivity index (χ4v) is 4.18. The maximum absolute atomic E-state index is 5.60. The minimum atomic E-state index is 0.219. The van der Waals surface area contributed by atoms with Crippen molar-refractivity contribution in [2.45, 2.75) is 45.1 Å². The van der Waals surface area contributed by atoms with Crippen LogP contribution in [0, 0.1) is 0 Å². The van der Waals surface area contributed by atoms with Crippen LogP contribution in [0.5, 0.6) is 0 Å². The molecule has 1 atom stereocenters. The molecule has 2 aromatic rings. The molecule has 1 aliphatic rings. The SMILES string of the molecule is CCNC(c1ccco1)c1cc2c(s1)CCCCC2. The van der Waals surface area contributed by atoms with Gasteiger partial charge in [0.25, 0.3) is 0 Å². The molecule has 1 aliphatic carbocycles. The topological polar surface area (TPSA) is 25.2 Å². The highest BCUT2D eigenvalue weighted by atomic mass is 32.1. The molecule has 3 rings (SSSR count). The van der Waals surface area contributed by atoms with Gasteiger partial charge in [0, 0.05) is 9.75 Å². The first-order valence-corrected chi connectivity index (χ1v) is 8.08. The van der Waals surface area contributed by atoms with Gasteiger partial charge in [-0.15, -0.1) is 11.3 Å². The van der Waals surface area contributed by atoms with E-state index in [1.165, 1.54) is 37.0 Å². The third-order valence-corrected chi connectivity index (χ3v) is 5.09. The summed E-state index contributed by atoms with van der Waals surface area (Å²) in [4.78, 5) is 3.01. The van der Waals surface area contributed by atoms with Gasteiger partial charge in [0.1, 0.15) is 11.8 Å². The molecule has 2 nitrogen and oxygen atoms in total. The molecule has 0 bridgehead atoms. The summed E-state index contributed by atoms with van der Waals surface area (Å²) in [5.41, 5.74) is 1.58. The Balaban J connectivity index is 1.90. The van der Waals surface area contributed by atoms with Gasteiger partial charge in [-0.3, -0.25) is 0 Å². The Morgan fingerprint density at radius 3 is 3.00 bits per heavy atom. The second kappa shape index (κ2) is 5.93. The summed E-state index contributed by atoms with van der Waals surface area (Å²) in [6.45, 7) is 3.10. The number of hydrogen-bond donors (Lipinski definition) is 1. The van der Waals surface area contributed by atoms with Crippen molar-refractivity contribution in [1.82, 2.24) is 5.32 Å². The lowest BCUT2D eigenvalue weighted by molar-refractivity contribution is 0.455. The summed E-state index contributed by atoms with van der Waals surface area (Å²) < 4.78 is 5.60. The van der Waals surface area contributed by atoms with Crippen LogP contribution in [-0.4, -0.2) is 6.54 Å². The number of fused-ring (bicyclic) bond motifs is 1. The van der Waals surface area contributed by atoms with Gasteiger partial charge in [0.15, 0.2) is 0 Å². The highest BCUT2D eigenvalue weighted by Gasteiger charge is 2.21. The Bertz CT molecular complexity index is 491. The summed E-state index contributed by atoms with van der Waals surface area (Å²) in [7, 11) is 0. The first-order valence-electron chi connectivity index (χ1n) is 7.26. The highest BCUT2D eigenvalue weighted by molar-refractivity contribution is 7.12. The largest absolute Gasteiger partial charge is 0.467 e. The van der Waals surface area contributed by atoms with E-state index in [1.54, 1.807) is 16.7 Å². The zero-order valence-electron chi connectivity index (χ0n) is 11.4. The first kappa shape index (κ1) is 12.9. The first-order chi connectivity index (χ1) is 9.38. The molecule has 19 heavy (non-hydrogen) atoms. The predicted molar refractivity (Wildman–Crippen MR) is 79.8 cm³/mol. The fourth-order valence-electron chi connectivity index (χ4n) is 2.83. The maximum atomic E-state index is 5.60. The molecule has 0 saturated carbocycles. The second-order valence-electron chi connectivity index (χ2n) is 5.16. The van der Waals surface area contributed by atoms with Crippen molar-refractivity contribution in [3.05, 3.63) is 45.5 Å². The number of thiophene rings is 1. The summed E-state index contributed by atoms with van der Waals surface area (Å²) in [5, 5.41) is 3.54. The van der Waals surface area contributed by atoms with Gasteiger partial charge < -0.3 is 9.73 Å². The van der Waals surface area contributed by atoms with Crippen molar-refractivity contribution in [2.75, 3.05) is 6.54 Å². The van der Waals surface area contributed by atoms with Gasteiger partial charge >= 0.3 is 0 Å². The lowest BCUT2D eigenvalue weighted by Gasteiger charge is -2.13. The minimum absolute atomic E-state index is 0.219. The molecule has 0 saturated heterocycles. The van der Waals surface area contributed by atoms with Crippen molar-refractivity contribution >= 4 is 11.3 Å². The van der Waals surface area contributed by atoms with E-state index in [9.17, 15) is 0 Å². The molecule has 0 aliphatic heterocycles. The fraction of sp³-hybridized carbons (Fsp3) is 0.500. The molecule has 1 N–H and O–H groups in total. The third kappa shape index (κ3) is 2.77. The number of aryl methyl sites for hydroxylation is 2.